The van der Waals surface area contributed by atoms with Gasteiger partial charge in [0, 0.05) is 5.57 Å². The van der Waals surface area contributed by atoms with E-state index < -0.39 is 5.60 Å². The molecule has 5 heteroatoms. The van der Waals surface area contributed by atoms with Crippen molar-refractivity contribution in [1.82, 2.24) is 0 Å². The standard InChI is InChI=1S/C10H13BClNO2/c1-10(2,14)7-5-6(9(12)13-15)3-4-8(7)11/h3,5,8,14-15H,4H2,1-2H3/b13-9+. The lowest BCUT2D eigenvalue weighted by Gasteiger charge is -2.29. The van der Waals surface area contributed by atoms with Gasteiger partial charge in [0.25, 0.3) is 0 Å². The molecule has 0 aromatic carbocycles. The van der Waals surface area contributed by atoms with Crippen molar-refractivity contribution >= 4 is 24.6 Å². The monoisotopic (exact) mass is 225 g/mol. The molecule has 1 aliphatic carbocycles. The molecular weight excluding hydrogens is 212 g/mol. The molecule has 0 aliphatic heterocycles. The Balaban J connectivity index is 3.05. The van der Waals surface area contributed by atoms with Crippen molar-refractivity contribution in [3.05, 3.63) is 23.3 Å². The molecule has 3 nitrogen and oxygen atoms in total. The average Bonchev–Trinajstić information content (AvgIpc) is 2.15. The zero-order valence-corrected chi connectivity index (χ0v) is 9.49. The van der Waals surface area contributed by atoms with Gasteiger partial charge in [0.15, 0.2) is 5.17 Å². The molecule has 0 saturated carbocycles. The molecule has 0 bridgehead atoms. The van der Waals surface area contributed by atoms with Crippen molar-refractivity contribution in [1.29, 1.82) is 0 Å². The maximum atomic E-state index is 9.86. The normalized spacial score (nSPS) is 23.5. The number of rotatable bonds is 2. The van der Waals surface area contributed by atoms with Crippen LogP contribution >= 0.6 is 11.6 Å². The highest BCUT2D eigenvalue weighted by Gasteiger charge is 2.26. The predicted octanol–water partition coefficient (Wildman–Crippen LogP) is 2.00. The molecule has 2 N–H and O–H groups in total. The van der Waals surface area contributed by atoms with E-state index in [1.165, 1.54) is 0 Å². The molecule has 1 aliphatic rings. The van der Waals surface area contributed by atoms with E-state index in [1.54, 1.807) is 26.0 Å². The van der Waals surface area contributed by atoms with Gasteiger partial charge in [-0.1, -0.05) is 34.7 Å². The first kappa shape index (κ1) is 12.3. The Labute approximate surface area is 95.5 Å². The molecule has 0 spiro atoms. The number of halogens is 1. The van der Waals surface area contributed by atoms with Gasteiger partial charge in [0.2, 0.25) is 0 Å². The SMILES string of the molecule is [B]C1CC=C(/C(Cl)=N\O)C=C1C(C)(C)O. The molecule has 80 valence electrons. The lowest BCUT2D eigenvalue weighted by Crippen LogP contribution is -2.27. The fourth-order valence-electron chi connectivity index (χ4n) is 1.55. The third-order valence-electron chi connectivity index (χ3n) is 2.33. The Morgan fingerprint density at radius 1 is 1.67 bits per heavy atom. The average molecular weight is 225 g/mol. The highest BCUT2D eigenvalue weighted by molar-refractivity contribution is 6.69. The minimum atomic E-state index is -0.994. The molecule has 0 fully saturated rings. The number of hydrogen-bond donors (Lipinski definition) is 2. The van der Waals surface area contributed by atoms with Crippen LogP contribution in [0.5, 0.6) is 0 Å². The van der Waals surface area contributed by atoms with E-state index in [4.69, 9.17) is 24.7 Å². The zero-order chi connectivity index (χ0) is 11.6. The van der Waals surface area contributed by atoms with E-state index in [1.807, 2.05) is 0 Å². The van der Waals surface area contributed by atoms with Crippen LogP contribution in [0.15, 0.2) is 28.5 Å². The second-order valence-corrected chi connectivity index (χ2v) is 4.41. The van der Waals surface area contributed by atoms with Crippen LogP contribution in [0.3, 0.4) is 0 Å². The fourth-order valence-corrected chi connectivity index (χ4v) is 1.68. The smallest absolute Gasteiger partial charge is 0.175 e. The molecule has 1 unspecified atom stereocenters. The first-order valence-electron chi connectivity index (χ1n) is 4.64. The number of allylic oxidation sites excluding steroid dienone is 3. The molecule has 0 aromatic rings. The molecular formula is C10H13BClNO2. The van der Waals surface area contributed by atoms with Gasteiger partial charge in [-0.15, -0.1) is 0 Å². The first-order valence-corrected chi connectivity index (χ1v) is 5.02. The van der Waals surface area contributed by atoms with Crippen LogP contribution in [0.4, 0.5) is 0 Å². The summed E-state index contributed by atoms with van der Waals surface area (Å²) in [5.41, 5.74) is 0.269. The van der Waals surface area contributed by atoms with Crippen LogP contribution in [0, 0.1) is 0 Å². The topological polar surface area (TPSA) is 52.8 Å². The van der Waals surface area contributed by atoms with E-state index in [2.05, 4.69) is 5.16 Å². The Morgan fingerprint density at radius 3 is 2.73 bits per heavy atom. The maximum Gasteiger partial charge on any atom is 0.175 e. The lowest BCUT2D eigenvalue weighted by molar-refractivity contribution is 0.116. The number of aliphatic hydroxyl groups is 1. The Kier molecular flexibility index (Phi) is 3.63. The number of oxime groups is 1. The van der Waals surface area contributed by atoms with Gasteiger partial charge < -0.3 is 10.3 Å². The zero-order valence-electron chi connectivity index (χ0n) is 8.74. The summed E-state index contributed by atoms with van der Waals surface area (Å²) < 4.78 is 0. The summed E-state index contributed by atoms with van der Waals surface area (Å²) in [5, 5.41) is 21.3. The number of hydrogen-bond acceptors (Lipinski definition) is 3. The molecule has 0 heterocycles. The van der Waals surface area contributed by atoms with E-state index in [-0.39, 0.29) is 11.0 Å². The summed E-state index contributed by atoms with van der Waals surface area (Å²) >= 11 is 5.67. The molecule has 1 atom stereocenters. The van der Waals surface area contributed by atoms with E-state index in [9.17, 15) is 5.11 Å². The molecule has 1 rings (SSSR count). The van der Waals surface area contributed by atoms with E-state index in [0.29, 0.717) is 17.6 Å². The second-order valence-electron chi connectivity index (χ2n) is 4.05. The van der Waals surface area contributed by atoms with Crippen LogP contribution < -0.4 is 0 Å². The molecule has 2 radical (unpaired) electrons. The Bertz CT molecular complexity index is 342. The maximum absolute atomic E-state index is 9.86. The van der Waals surface area contributed by atoms with Crippen LogP contribution in [0.25, 0.3) is 0 Å². The quantitative estimate of drug-likeness (QED) is 0.327. The van der Waals surface area contributed by atoms with Gasteiger partial charge in [0.1, 0.15) is 0 Å². The highest BCUT2D eigenvalue weighted by Crippen LogP contribution is 2.34. The Hall–Kier alpha value is -0.735. The van der Waals surface area contributed by atoms with Gasteiger partial charge in [0.05, 0.1) is 13.4 Å². The Morgan fingerprint density at radius 2 is 2.27 bits per heavy atom. The predicted molar refractivity (Wildman–Crippen MR) is 61.7 cm³/mol. The van der Waals surface area contributed by atoms with Crippen LogP contribution in [-0.4, -0.2) is 28.9 Å². The fraction of sp³-hybridized carbons (Fsp3) is 0.500. The van der Waals surface area contributed by atoms with Gasteiger partial charge in [-0.2, -0.15) is 0 Å². The van der Waals surface area contributed by atoms with Gasteiger partial charge in [-0.05, 0) is 25.8 Å². The van der Waals surface area contributed by atoms with Gasteiger partial charge >= 0.3 is 0 Å². The summed E-state index contributed by atoms with van der Waals surface area (Å²) in [4.78, 5) is 0. The van der Waals surface area contributed by atoms with Crippen molar-refractivity contribution < 1.29 is 10.3 Å². The van der Waals surface area contributed by atoms with E-state index >= 15 is 0 Å². The van der Waals surface area contributed by atoms with Gasteiger partial charge in [-0.3, -0.25) is 0 Å². The van der Waals surface area contributed by atoms with Crippen molar-refractivity contribution in [2.45, 2.75) is 31.7 Å². The van der Waals surface area contributed by atoms with Crippen molar-refractivity contribution in [2.75, 3.05) is 0 Å². The summed E-state index contributed by atoms with van der Waals surface area (Å²) in [6.45, 7) is 3.32. The third kappa shape index (κ3) is 2.86. The van der Waals surface area contributed by atoms with Gasteiger partial charge in [-0.25, -0.2) is 0 Å². The molecule has 0 aromatic heterocycles. The van der Waals surface area contributed by atoms with Crippen LogP contribution in [-0.2, 0) is 0 Å². The second kappa shape index (κ2) is 4.41. The van der Waals surface area contributed by atoms with E-state index in [0.717, 1.165) is 0 Å². The third-order valence-corrected chi connectivity index (χ3v) is 2.63. The van der Waals surface area contributed by atoms with Crippen LogP contribution in [0.1, 0.15) is 20.3 Å². The largest absolute Gasteiger partial charge is 0.410 e. The minimum Gasteiger partial charge on any atom is -0.410 e. The number of nitrogens with zero attached hydrogens (tertiary/aromatic N) is 1. The van der Waals surface area contributed by atoms with Crippen molar-refractivity contribution in [3.63, 3.8) is 0 Å². The summed E-state index contributed by atoms with van der Waals surface area (Å²) in [5.74, 6) is -0.225. The molecule has 0 saturated heterocycles. The minimum absolute atomic E-state index is 0.00338. The van der Waals surface area contributed by atoms with Crippen molar-refractivity contribution in [2.24, 2.45) is 5.16 Å². The first-order chi connectivity index (χ1) is 6.86. The highest BCUT2D eigenvalue weighted by atomic mass is 35.5. The van der Waals surface area contributed by atoms with Crippen LogP contribution in [0.2, 0.25) is 5.82 Å². The summed E-state index contributed by atoms with van der Waals surface area (Å²) in [6, 6.07) is 0. The molecule has 0 amide bonds. The van der Waals surface area contributed by atoms with Crippen molar-refractivity contribution in [3.8, 4) is 0 Å². The molecule has 15 heavy (non-hydrogen) atoms. The lowest BCUT2D eigenvalue weighted by atomic mass is 9.69. The summed E-state index contributed by atoms with van der Waals surface area (Å²) in [7, 11) is 5.85. The summed E-state index contributed by atoms with van der Waals surface area (Å²) in [6.07, 6.45) is 4.01.